The Kier molecular flexibility index (Phi) is 5.44. The van der Waals surface area contributed by atoms with E-state index in [2.05, 4.69) is 14.9 Å². The minimum Gasteiger partial charge on any atom is -0.309 e. The van der Waals surface area contributed by atoms with Crippen molar-refractivity contribution in [2.75, 3.05) is 26.2 Å². The van der Waals surface area contributed by atoms with Crippen molar-refractivity contribution in [2.45, 2.75) is 18.4 Å². The van der Waals surface area contributed by atoms with Crippen LogP contribution in [0.2, 0.25) is 5.02 Å². The Morgan fingerprint density at radius 1 is 1.07 bits per heavy atom. The monoisotopic (exact) mass is 432 g/mol. The van der Waals surface area contributed by atoms with Gasteiger partial charge in [0.1, 0.15) is 5.82 Å². The van der Waals surface area contributed by atoms with E-state index < -0.39 is 10.0 Å². The molecule has 7 nitrogen and oxygen atoms in total. The van der Waals surface area contributed by atoms with E-state index in [0.717, 1.165) is 5.56 Å². The molecule has 1 N–H and O–H groups in total. The second-order valence-corrected chi connectivity index (χ2v) is 9.54. The number of H-pyrrole nitrogens is 1. The zero-order valence-corrected chi connectivity index (χ0v) is 17.5. The zero-order chi connectivity index (χ0) is 20.6. The molecule has 9 heteroatoms. The maximum absolute atomic E-state index is 12.8. The number of fused-ring (bicyclic) bond motifs is 1. The number of sulfonamides is 1. The van der Waals surface area contributed by atoms with Gasteiger partial charge in [-0.15, -0.1) is 0 Å². The summed E-state index contributed by atoms with van der Waals surface area (Å²) in [5, 5.41) is 1.02. The number of aryl methyl sites for hydroxylation is 1. The van der Waals surface area contributed by atoms with Crippen LogP contribution in [0, 0.1) is 6.92 Å². The molecule has 152 valence electrons. The summed E-state index contributed by atoms with van der Waals surface area (Å²) in [4.78, 5) is 22.0. The molecular weight excluding hydrogens is 412 g/mol. The molecule has 0 radical (unpaired) electrons. The van der Waals surface area contributed by atoms with E-state index in [-0.39, 0.29) is 5.56 Å². The van der Waals surface area contributed by atoms with Gasteiger partial charge in [0.2, 0.25) is 10.0 Å². The van der Waals surface area contributed by atoms with Crippen LogP contribution >= 0.6 is 11.6 Å². The van der Waals surface area contributed by atoms with E-state index in [4.69, 9.17) is 11.6 Å². The first-order valence-electron chi connectivity index (χ1n) is 9.30. The summed E-state index contributed by atoms with van der Waals surface area (Å²) in [5.41, 5.74) is 1.37. The van der Waals surface area contributed by atoms with Crippen LogP contribution in [-0.4, -0.2) is 53.8 Å². The normalized spacial score (nSPS) is 16.3. The minimum absolute atomic E-state index is 0.206. The standard InChI is InChI=1S/C20H21ClN4O3S/c1-14-2-5-16(6-3-14)29(27,28)25-10-8-24(9-11-25)13-19-22-18-12-15(21)4-7-17(18)20(26)23-19/h2-7,12H,8-11,13H2,1H3,(H,22,23,26). The van der Waals surface area contributed by atoms with Crippen LogP contribution in [0.3, 0.4) is 0 Å². The second-order valence-electron chi connectivity index (χ2n) is 7.17. The van der Waals surface area contributed by atoms with Gasteiger partial charge in [0.25, 0.3) is 5.56 Å². The summed E-state index contributed by atoms with van der Waals surface area (Å²) in [6.45, 7) is 4.26. The molecule has 1 aliphatic heterocycles. The van der Waals surface area contributed by atoms with E-state index in [1.54, 1.807) is 42.5 Å². The molecule has 0 aliphatic carbocycles. The number of piperazine rings is 1. The number of hydrogen-bond donors (Lipinski definition) is 1. The van der Waals surface area contributed by atoms with Crippen LogP contribution < -0.4 is 5.56 Å². The summed E-state index contributed by atoms with van der Waals surface area (Å²) < 4.78 is 27.1. The van der Waals surface area contributed by atoms with Gasteiger partial charge in [0.15, 0.2) is 0 Å². The molecule has 29 heavy (non-hydrogen) atoms. The van der Waals surface area contributed by atoms with Crippen LogP contribution in [0.25, 0.3) is 10.9 Å². The highest BCUT2D eigenvalue weighted by Gasteiger charge is 2.28. The lowest BCUT2D eigenvalue weighted by atomic mass is 10.2. The molecule has 4 rings (SSSR count). The highest BCUT2D eigenvalue weighted by molar-refractivity contribution is 7.89. The summed E-state index contributed by atoms with van der Waals surface area (Å²) in [6, 6.07) is 11.9. The Balaban J connectivity index is 1.46. The van der Waals surface area contributed by atoms with Crippen molar-refractivity contribution in [2.24, 2.45) is 0 Å². The highest BCUT2D eigenvalue weighted by atomic mass is 35.5. The van der Waals surface area contributed by atoms with Gasteiger partial charge in [-0.2, -0.15) is 4.31 Å². The number of aromatic amines is 1. The van der Waals surface area contributed by atoms with Gasteiger partial charge in [-0.25, -0.2) is 13.4 Å². The molecule has 3 aromatic rings. The molecule has 0 saturated carbocycles. The van der Waals surface area contributed by atoms with Gasteiger partial charge in [0.05, 0.1) is 22.3 Å². The van der Waals surface area contributed by atoms with Gasteiger partial charge in [-0.05, 0) is 37.3 Å². The van der Waals surface area contributed by atoms with Crippen LogP contribution in [0.1, 0.15) is 11.4 Å². The average molecular weight is 433 g/mol. The van der Waals surface area contributed by atoms with Gasteiger partial charge < -0.3 is 4.98 Å². The van der Waals surface area contributed by atoms with E-state index >= 15 is 0 Å². The van der Waals surface area contributed by atoms with Gasteiger partial charge in [-0.1, -0.05) is 29.3 Å². The van der Waals surface area contributed by atoms with Crippen LogP contribution in [0.15, 0.2) is 52.2 Å². The molecule has 2 heterocycles. The minimum atomic E-state index is -3.50. The van der Waals surface area contributed by atoms with Crippen molar-refractivity contribution in [3.05, 3.63) is 69.2 Å². The molecule has 0 amide bonds. The SMILES string of the molecule is Cc1ccc(S(=O)(=O)N2CCN(Cc3nc4cc(Cl)ccc4c(=O)[nH]3)CC2)cc1. The Morgan fingerprint density at radius 3 is 2.45 bits per heavy atom. The largest absolute Gasteiger partial charge is 0.309 e. The maximum Gasteiger partial charge on any atom is 0.258 e. The Labute approximate surface area is 174 Å². The lowest BCUT2D eigenvalue weighted by molar-refractivity contribution is 0.178. The molecule has 1 aliphatic rings. The van der Waals surface area contributed by atoms with E-state index in [1.165, 1.54) is 4.31 Å². The summed E-state index contributed by atoms with van der Waals surface area (Å²) in [7, 11) is -3.50. The summed E-state index contributed by atoms with van der Waals surface area (Å²) in [6.07, 6.45) is 0. The molecule has 0 bridgehead atoms. The fraction of sp³-hybridized carbons (Fsp3) is 0.300. The predicted octanol–water partition coefficient (Wildman–Crippen LogP) is 2.39. The number of rotatable bonds is 4. The predicted molar refractivity (Wildman–Crippen MR) is 113 cm³/mol. The first-order chi connectivity index (χ1) is 13.8. The van der Waals surface area contributed by atoms with E-state index in [1.807, 2.05) is 6.92 Å². The highest BCUT2D eigenvalue weighted by Crippen LogP contribution is 2.19. The lowest BCUT2D eigenvalue weighted by Crippen LogP contribution is -2.48. The first-order valence-corrected chi connectivity index (χ1v) is 11.1. The fourth-order valence-electron chi connectivity index (χ4n) is 3.44. The fourth-order valence-corrected chi connectivity index (χ4v) is 5.02. The molecule has 0 unspecified atom stereocenters. The smallest absolute Gasteiger partial charge is 0.258 e. The van der Waals surface area contributed by atoms with Crippen molar-refractivity contribution in [1.82, 2.24) is 19.2 Å². The van der Waals surface area contributed by atoms with Crippen molar-refractivity contribution in [1.29, 1.82) is 0 Å². The summed E-state index contributed by atoms with van der Waals surface area (Å²) >= 11 is 6.01. The first kappa shape index (κ1) is 20.0. The molecule has 2 aromatic carbocycles. The average Bonchev–Trinajstić information content (AvgIpc) is 2.68. The Bertz CT molecular complexity index is 1200. The third kappa shape index (κ3) is 4.20. The summed E-state index contributed by atoms with van der Waals surface area (Å²) in [5.74, 6) is 0.541. The van der Waals surface area contributed by atoms with Crippen LogP contribution in [0.5, 0.6) is 0 Å². The third-order valence-corrected chi connectivity index (χ3v) is 7.23. The topological polar surface area (TPSA) is 86.4 Å². The quantitative estimate of drug-likeness (QED) is 0.684. The Morgan fingerprint density at radius 2 is 1.76 bits per heavy atom. The molecular formula is C20H21ClN4O3S. The Hall–Kier alpha value is -2.26. The number of benzene rings is 2. The van der Waals surface area contributed by atoms with E-state index in [0.29, 0.717) is 59.4 Å². The zero-order valence-electron chi connectivity index (χ0n) is 15.9. The molecule has 1 aromatic heterocycles. The van der Waals surface area contributed by atoms with Crippen molar-refractivity contribution < 1.29 is 8.42 Å². The number of nitrogens with one attached hydrogen (secondary N) is 1. The number of aromatic nitrogens is 2. The van der Waals surface area contributed by atoms with E-state index in [9.17, 15) is 13.2 Å². The van der Waals surface area contributed by atoms with Crippen molar-refractivity contribution in [3.8, 4) is 0 Å². The van der Waals surface area contributed by atoms with Crippen molar-refractivity contribution in [3.63, 3.8) is 0 Å². The molecule has 1 fully saturated rings. The lowest BCUT2D eigenvalue weighted by Gasteiger charge is -2.33. The van der Waals surface area contributed by atoms with Gasteiger partial charge >= 0.3 is 0 Å². The number of hydrogen-bond acceptors (Lipinski definition) is 5. The van der Waals surface area contributed by atoms with Gasteiger partial charge in [0, 0.05) is 31.2 Å². The van der Waals surface area contributed by atoms with Crippen LogP contribution in [-0.2, 0) is 16.6 Å². The molecule has 0 spiro atoms. The van der Waals surface area contributed by atoms with Crippen LogP contribution in [0.4, 0.5) is 0 Å². The molecule has 0 atom stereocenters. The number of halogens is 1. The third-order valence-electron chi connectivity index (χ3n) is 5.08. The number of nitrogens with zero attached hydrogens (tertiary/aromatic N) is 3. The maximum atomic E-state index is 12.8. The second kappa shape index (κ2) is 7.87. The van der Waals surface area contributed by atoms with Crippen molar-refractivity contribution >= 4 is 32.5 Å². The van der Waals surface area contributed by atoms with Gasteiger partial charge in [-0.3, -0.25) is 9.69 Å². The molecule has 1 saturated heterocycles.